The van der Waals surface area contributed by atoms with Crippen LogP contribution in [0.1, 0.15) is 15.4 Å². The molecule has 0 aliphatic heterocycles. The highest BCUT2D eigenvalue weighted by Gasteiger charge is 2.07. The van der Waals surface area contributed by atoms with Crippen LogP contribution in [-0.4, -0.2) is 5.78 Å². The number of hydrogen-bond acceptors (Lipinski definition) is 3. The third-order valence-corrected chi connectivity index (χ3v) is 4.26. The molecular formula is C17H10Cl2O2S. The number of thiophene rings is 1. The first-order valence-electron chi connectivity index (χ1n) is 6.44. The fourth-order valence-electron chi connectivity index (χ4n) is 1.95. The van der Waals surface area contributed by atoms with Gasteiger partial charge < -0.3 is 4.42 Å². The van der Waals surface area contributed by atoms with Crippen LogP contribution in [0.3, 0.4) is 0 Å². The summed E-state index contributed by atoms with van der Waals surface area (Å²) in [4.78, 5) is 12.6. The van der Waals surface area contributed by atoms with Gasteiger partial charge in [-0.2, -0.15) is 0 Å². The molecule has 0 N–H and O–H groups in total. The molecule has 0 radical (unpaired) electrons. The summed E-state index contributed by atoms with van der Waals surface area (Å²) in [6.07, 6.45) is 3.15. The summed E-state index contributed by atoms with van der Waals surface area (Å²) in [7, 11) is 0. The smallest absolute Gasteiger partial charge is 0.195 e. The van der Waals surface area contributed by atoms with Gasteiger partial charge >= 0.3 is 0 Å². The number of furan rings is 1. The second kappa shape index (κ2) is 6.53. The Bertz CT molecular complexity index is 812. The van der Waals surface area contributed by atoms with E-state index in [9.17, 15) is 4.79 Å². The maximum atomic E-state index is 11.9. The van der Waals surface area contributed by atoms with Crippen molar-refractivity contribution < 1.29 is 9.21 Å². The molecule has 3 aromatic rings. The number of carbonyl (C=O) groups excluding carboxylic acids is 1. The van der Waals surface area contributed by atoms with E-state index in [1.165, 1.54) is 17.4 Å². The monoisotopic (exact) mass is 348 g/mol. The van der Waals surface area contributed by atoms with Gasteiger partial charge in [-0.3, -0.25) is 4.79 Å². The van der Waals surface area contributed by atoms with Crippen LogP contribution < -0.4 is 0 Å². The summed E-state index contributed by atoms with van der Waals surface area (Å²) in [5.74, 6) is 1.20. The Morgan fingerprint density at radius 2 is 1.86 bits per heavy atom. The molecule has 2 nitrogen and oxygen atoms in total. The average molecular weight is 349 g/mol. The van der Waals surface area contributed by atoms with E-state index in [0.29, 0.717) is 26.4 Å². The standard InChI is InChI=1S/C17H10Cl2O2S/c18-12-8-11(9-13(19)10-12)16-6-4-14(21-16)3-5-15(20)17-2-1-7-22-17/h1-10H. The predicted octanol–water partition coefficient (Wildman–Crippen LogP) is 6.21. The van der Waals surface area contributed by atoms with Crippen LogP contribution >= 0.6 is 34.5 Å². The van der Waals surface area contributed by atoms with Gasteiger partial charge in [0.15, 0.2) is 5.78 Å². The Labute approximate surface area is 141 Å². The van der Waals surface area contributed by atoms with Gasteiger partial charge in [0.25, 0.3) is 0 Å². The summed E-state index contributed by atoms with van der Waals surface area (Å²) < 4.78 is 5.69. The van der Waals surface area contributed by atoms with E-state index in [2.05, 4.69) is 0 Å². The molecule has 2 heterocycles. The number of halogens is 2. The molecule has 22 heavy (non-hydrogen) atoms. The van der Waals surface area contributed by atoms with Crippen LogP contribution in [0.2, 0.25) is 10.0 Å². The highest BCUT2D eigenvalue weighted by atomic mass is 35.5. The Morgan fingerprint density at radius 3 is 2.55 bits per heavy atom. The summed E-state index contributed by atoms with van der Waals surface area (Å²) in [6.45, 7) is 0. The zero-order valence-corrected chi connectivity index (χ0v) is 13.6. The van der Waals surface area contributed by atoms with E-state index in [4.69, 9.17) is 27.6 Å². The molecule has 0 saturated carbocycles. The minimum absolute atomic E-state index is 0.0428. The predicted molar refractivity (Wildman–Crippen MR) is 91.8 cm³/mol. The molecule has 0 aliphatic carbocycles. The Hall–Kier alpha value is -1.81. The Kier molecular flexibility index (Phi) is 4.48. The summed E-state index contributed by atoms with van der Waals surface area (Å²) in [5, 5.41) is 2.96. The zero-order chi connectivity index (χ0) is 15.5. The minimum Gasteiger partial charge on any atom is -0.457 e. The molecule has 0 amide bonds. The van der Waals surface area contributed by atoms with Gasteiger partial charge in [0, 0.05) is 15.6 Å². The third kappa shape index (κ3) is 3.50. The number of allylic oxidation sites excluding steroid dienone is 1. The molecule has 0 unspecified atom stereocenters. The molecule has 3 rings (SSSR count). The molecule has 110 valence electrons. The highest BCUT2D eigenvalue weighted by Crippen LogP contribution is 2.29. The third-order valence-electron chi connectivity index (χ3n) is 2.94. The number of rotatable bonds is 4. The van der Waals surface area contributed by atoms with Gasteiger partial charge in [-0.25, -0.2) is 0 Å². The molecule has 0 fully saturated rings. The van der Waals surface area contributed by atoms with Crippen LogP contribution in [0.25, 0.3) is 17.4 Å². The summed E-state index contributed by atoms with van der Waals surface area (Å²) >= 11 is 13.4. The normalized spacial score (nSPS) is 11.2. The quantitative estimate of drug-likeness (QED) is 0.414. The number of hydrogen-bond donors (Lipinski definition) is 0. The lowest BCUT2D eigenvalue weighted by Crippen LogP contribution is -1.88. The Balaban J connectivity index is 1.80. The SMILES string of the molecule is O=C(C=Cc1ccc(-c2cc(Cl)cc(Cl)c2)o1)c1cccs1. The van der Waals surface area contributed by atoms with Gasteiger partial charge in [0.1, 0.15) is 11.5 Å². The topological polar surface area (TPSA) is 30.2 Å². The fraction of sp³-hybridized carbons (Fsp3) is 0. The Morgan fingerprint density at radius 1 is 1.09 bits per heavy atom. The van der Waals surface area contributed by atoms with Crippen LogP contribution in [0.4, 0.5) is 0 Å². The first-order valence-corrected chi connectivity index (χ1v) is 8.07. The summed E-state index contributed by atoms with van der Waals surface area (Å²) in [5.41, 5.74) is 0.793. The molecule has 0 saturated heterocycles. The first-order chi connectivity index (χ1) is 10.6. The van der Waals surface area contributed by atoms with Crippen LogP contribution in [0.5, 0.6) is 0 Å². The van der Waals surface area contributed by atoms with E-state index in [0.717, 1.165) is 5.56 Å². The van der Waals surface area contributed by atoms with E-state index in [1.807, 2.05) is 17.5 Å². The van der Waals surface area contributed by atoms with E-state index < -0.39 is 0 Å². The van der Waals surface area contributed by atoms with Crippen molar-refractivity contribution >= 4 is 46.4 Å². The second-order valence-electron chi connectivity index (χ2n) is 4.54. The number of benzene rings is 1. The zero-order valence-electron chi connectivity index (χ0n) is 11.3. The van der Waals surface area contributed by atoms with Crippen molar-refractivity contribution in [2.24, 2.45) is 0 Å². The number of carbonyl (C=O) groups is 1. The summed E-state index contributed by atoms with van der Waals surface area (Å²) in [6, 6.07) is 12.5. The van der Waals surface area contributed by atoms with Gasteiger partial charge in [0.05, 0.1) is 4.88 Å². The van der Waals surface area contributed by atoms with Gasteiger partial charge in [-0.05, 0) is 53.9 Å². The van der Waals surface area contributed by atoms with Crippen molar-refractivity contribution in [2.45, 2.75) is 0 Å². The molecule has 1 aromatic carbocycles. The van der Waals surface area contributed by atoms with Crippen LogP contribution in [0, 0.1) is 0 Å². The maximum absolute atomic E-state index is 11.9. The van der Waals surface area contributed by atoms with Crippen molar-refractivity contribution in [3.8, 4) is 11.3 Å². The van der Waals surface area contributed by atoms with E-state index in [1.54, 1.807) is 36.4 Å². The lowest BCUT2D eigenvalue weighted by atomic mass is 10.2. The largest absolute Gasteiger partial charge is 0.457 e. The van der Waals surface area contributed by atoms with E-state index >= 15 is 0 Å². The highest BCUT2D eigenvalue weighted by molar-refractivity contribution is 7.12. The van der Waals surface area contributed by atoms with Crippen molar-refractivity contribution in [3.63, 3.8) is 0 Å². The second-order valence-corrected chi connectivity index (χ2v) is 6.36. The van der Waals surface area contributed by atoms with Crippen molar-refractivity contribution in [2.75, 3.05) is 0 Å². The fourth-order valence-corrected chi connectivity index (χ4v) is 3.12. The van der Waals surface area contributed by atoms with Crippen molar-refractivity contribution in [1.82, 2.24) is 0 Å². The van der Waals surface area contributed by atoms with Crippen molar-refractivity contribution in [1.29, 1.82) is 0 Å². The van der Waals surface area contributed by atoms with E-state index in [-0.39, 0.29) is 5.78 Å². The average Bonchev–Trinajstić information content (AvgIpc) is 3.15. The maximum Gasteiger partial charge on any atom is 0.195 e. The lowest BCUT2D eigenvalue weighted by Gasteiger charge is -1.99. The first kappa shape index (κ1) is 15.1. The molecule has 0 spiro atoms. The van der Waals surface area contributed by atoms with Gasteiger partial charge in [-0.15, -0.1) is 11.3 Å². The van der Waals surface area contributed by atoms with Gasteiger partial charge in [-0.1, -0.05) is 29.3 Å². The van der Waals surface area contributed by atoms with Crippen molar-refractivity contribution in [3.05, 3.63) is 74.6 Å². The molecule has 0 aliphatic rings. The molecule has 0 atom stereocenters. The van der Waals surface area contributed by atoms with Crippen LogP contribution in [0.15, 0.2) is 58.3 Å². The number of ketones is 1. The molecular weight excluding hydrogens is 339 g/mol. The molecule has 5 heteroatoms. The molecule has 0 bridgehead atoms. The minimum atomic E-state index is -0.0428. The molecule has 2 aromatic heterocycles. The van der Waals surface area contributed by atoms with Crippen LogP contribution in [-0.2, 0) is 0 Å². The lowest BCUT2D eigenvalue weighted by molar-refractivity contribution is 0.105. The van der Waals surface area contributed by atoms with Gasteiger partial charge in [0.2, 0.25) is 0 Å².